The molecule has 1 aromatic carbocycles. The number of amides is 1. The molecule has 244 valence electrons. The molecule has 2 aliphatic rings. The maximum Gasteiger partial charge on any atom is 0.228 e. The van der Waals surface area contributed by atoms with Crippen LogP contribution in [-0.4, -0.2) is 48.7 Å². The highest BCUT2D eigenvalue weighted by Crippen LogP contribution is 2.35. The van der Waals surface area contributed by atoms with Crippen LogP contribution in [0.4, 0.5) is 5.69 Å². The van der Waals surface area contributed by atoms with Gasteiger partial charge in [0.15, 0.2) is 0 Å². The smallest absolute Gasteiger partial charge is 0.228 e. The first-order valence-electron chi connectivity index (χ1n) is 15.8. The molecule has 4 rings (SSSR count). The van der Waals surface area contributed by atoms with E-state index in [1.165, 1.54) is 0 Å². The maximum atomic E-state index is 12.3. The van der Waals surface area contributed by atoms with Crippen molar-refractivity contribution in [2.45, 2.75) is 46.1 Å². The second-order valence-corrected chi connectivity index (χ2v) is 11.8. The average Bonchev–Trinajstić information content (AvgIpc) is 3.88. The van der Waals surface area contributed by atoms with E-state index in [4.69, 9.17) is 26.2 Å². The number of pyridine rings is 1. The third-order valence-electron chi connectivity index (χ3n) is 8.16. The number of likely N-dealkylation sites (N-methyl/N-ethyl adjacent to an activating group) is 1. The Bertz CT molecular complexity index is 1560. The lowest BCUT2D eigenvalue weighted by atomic mass is 9.95. The number of aromatic nitrogens is 1. The summed E-state index contributed by atoms with van der Waals surface area (Å²) in [6.45, 7) is 15.0. The van der Waals surface area contributed by atoms with Crippen molar-refractivity contribution in [3.05, 3.63) is 108 Å². The molecule has 1 aliphatic carbocycles. The number of carbonyl (C=O) groups excluding carboxylic acids is 1. The molecule has 2 aromatic rings. The van der Waals surface area contributed by atoms with Crippen molar-refractivity contribution in [2.75, 3.05) is 32.6 Å². The van der Waals surface area contributed by atoms with Crippen LogP contribution < -0.4 is 32.2 Å². The highest BCUT2D eigenvalue weighted by molar-refractivity contribution is 5.88. The van der Waals surface area contributed by atoms with E-state index in [2.05, 4.69) is 66.1 Å². The number of para-hydroxylation sites is 1. The molecule has 0 spiro atoms. The van der Waals surface area contributed by atoms with Crippen LogP contribution in [0.2, 0.25) is 0 Å². The van der Waals surface area contributed by atoms with Crippen molar-refractivity contribution in [1.29, 1.82) is 0 Å². The number of rotatable bonds is 16. The Balaban J connectivity index is 1.50. The van der Waals surface area contributed by atoms with Gasteiger partial charge in [-0.15, -0.1) is 0 Å². The fourth-order valence-electron chi connectivity index (χ4n) is 5.20. The number of hydrogen-bond donors (Lipinski definition) is 5. The number of nitrogens with zero attached hydrogens (tertiary/aromatic N) is 3. The van der Waals surface area contributed by atoms with E-state index in [1.807, 2.05) is 24.4 Å². The Morgan fingerprint density at radius 2 is 1.87 bits per heavy atom. The summed E-state index contributed by atoms with van der Waals surface area (Å²) in [6, 6.07) is 12.0. The van der Waals surface area contributed by atoms with Gasteiger partial charge in [0.2, 0.25) is 5.91 Å². The first kappa shape index (κ1) is 34.1. The van der Waals surface area contributed by atoms with E-state index in [9.17, 15) is 4.79 Å². The van der Waals surface area contributed by atoms with Crippen LogP contribution in [-0.2, 0) is 17.8 Å². The number of anilines is 1. The van der Waals surface area contributed by atoms with E-state index in [1.54, 1.807) is 26.3 Å². The first-order chi connectivity index (χ1) is 22.2. The number of benzene rings is 1. The molecule has 1 amide bonds. The van der Waals surface area contributed by atoms with Crippen LogP contribution in [0.3, 0.4) is 0 Å². The molecular formula is C36H48N8O2. The van der Waals surface area contributed by atoms with Crippen molar-refractivity contribution >= 4 is 22.9 Å². The second-order valence-electron chi connectivity index (χ2n) is 11.8. The topological polar surface area (TPSA) is 143 Å². The lowest BCUT2D eigenvalue weighted by molar-refractivity contribution is -0.121. The van der Waals surface area contributed by atoms with Crippen LogP contribution in [0.1, 0.15) is 50.1 Å². The number of aryl methyl sites for hydroxylation is 1. The number of allylic oxidation sites excluding steroid dienone is 3. The van der Waals surface area contributed by atoms with Gasteiger partial charge in [-0.3, -0.25) is 19.7 Å². The van der Waals surface area contributed by atoms with Gasteiger partial charge in [0.05, 0.1) is 35.6 Å². The number of hydrogen-bond acceptors (Lipinski definition) is 9. The molecule has 2 heterocycles. The summed E-state index contributed by atoms with van der Waals surface area (Å²) >= 11 is 0. The zero-order valence-corrected chi connectivity index (χ0v) is 27.5. The van der Waals surface area contributed by atoms with Gasteiger partial charge >= 0.3 is 0 Å². The number of methoxy groups -OCH3 is 1. The van der Waals surface area contributed by atoms with Crippen LogP contribution in [0, 0.1) is 11.8 Å². The highest BCUT2D eigenvalue weighted by Gasteiger charge is 2.30. The molecule has 1 aromatic heterocycles. The van der Waals surface area contributed by atoms with Gasteiger partial charge in [0.1, 0.15) is 11.6 Å². The van der Waals surface area contributed by atoms with Gasteiger partial charge in [-0.1, -0.05) is 50.8 Å². The van der Waals surface area contributed by atoms with E-state index in [-0.39, 0.29) is 17.6 Å². The van der Waals surface area contributed by atoms with Crippen molar-refractivity contribution < 1.29 is 9.53 Å². The van der Waals surface area contributed by atoms with Crippen LogP contribution >= 0.6 is 0 Å². The molecule has 1 saturated carbocycles. The third kappa shape index (κ3) is 8.88. The van der Waals surface area contributed by atoms with Gasteiger partial charge in [-0.05, 0) is 44.4 Å². The normalized spacial score (nSPS) is 16.7. The molecule has 0 unspecified atom stereocenters. The predicted octanol–water partition coefficient (Wildman–Crippen LogP) is 4.80. The fraction of sp³-hybridized carbons (Fsp3) is 0.361. The minimum atomic E-state index is -0.0980. The number of likely N-dealkylation sites (tertiary alicyclic amines) is 1. The molecule has 2 fully saturated rings. The zero-order valence-electron chi connectivity index (χ0n) is 27.5. The summed E-state index contributed by atoms with van der Waals surface area (Å²) in [5, 5.41) is 9.04. The number of carbonyl (C=O) groups is 1. The largest absolute Gasteiger partial charge is 0.494 e. The Morgan fingerprint density at radius 3 is 2.52 bits per heavy atom. The Labute approximate surface area is 273 Å². The molecular weight excluding hydrogens is 576 g/mol. The van der Waals surface area contributed by atoms with E-state index in [0.717, 1.165) is 73.6 Å². The number of ether oxygens (including phenoxy) is 1. The van der Waals surface area contributed by atoms with Crippen molar-refractivity contribution in [2.24, 2.45) is 28.3 Å². The lowest BCUT2D eigenvalue weighted by Crippen LogP contribution is -2.49. The molecule has 1 aliphatic heterocycles. The zero-order chi connectivity index (χ0) is 33.2. The van der Waals surface area contributed by atoms with Gasteiger partial charge in [-0.2, -0.15) is 0 Å². The molecule has 0 radical (unpaired) electrons. The summed E-state index contributed by atoms with van der Waals surface area (Å²) in [4.78, 5) is 24.3. The molecule has 0 atom stereocenters. The molecule has 46 heavy (non-hydrogen) atoms. The van der Waals surface area contributed by atoms with E-state index < -0.39 is 0 Å². The summed E-state index contributed by atoms with van der Waals surface area (Å²) in [5.74, 6) is 1.04. The van der Waals surface area contributed by atoms with Crippen molar-refractivity contribution in [1.82, 2.24) is 20.5 Å². The second kappa shape index (κ2) is 15.9. The fourth-order valence-corrected chi connectivity index (χ4v) is 5.20. The SMILES string of the molecule is C=C/C(=C\N=C(C)C1CN(Cc2cccc(CCC)n2)C1)c1cccc(NC(/C=C(\N)NC(=O)C2CC2)=C(/N)C(=C)NC)c1OC. The molecule has 10 heteroatoms. The van der Waals surface area contributed by atoms with Crippen molar-refractivity contribution in [3.63, 3.8) is 0 Å². The summed E-state index contributed by atoms with van der Waals surface area (Å²) < 4.78 is 5.88. The average molecular weight is 625 g/mol. The van der Waals surface area contributed by atoms with Gasteiger partial charge in [0.25, 0.3) is 0 Å². The van der Waals surface area contributed by atoms with Crippen LogP contribution in [0.15, 0.2) is 95.8 Å². The van der Waals surface area contributed by atoms with Crippen LogP contribution in [0.5, 0.6) is 5.75 Å². The Hall–Kier alpha value is -4.83. The quantitative estimate of drug-likeness (QED) is 0.132. The van der Waals surface area contributed by atoms with Crippen molar-refractivity contribution in [3.8, 4) is 5.75 Å². The number of nitrogens with two attached hydrogens (primary N) is 2. The molecule has 0 bridgehead atoms. The Morgan fingerprint density at radius 1 is 1.15 bits per heavy atom. The number of nitrogens with one attached hydrogen (secondary N) is 3. The predicted molar refractivity (Wildman–Crippen MR) is 187 cm³/mol. The van der Waals surface area contributed by atoms with Crippen LogP contribution in [0.25, 0.3) is 5.57 Å². The highest BCUT2D eigenvalue weighted by atomic mass is 16.5. The van der Waals surface area contributed by atoms with Gasteiger partial charge in [-0.25, -0.2) is 0 Å². The molecule has 7 N–H and O–H groups in total. The first-order valence-corrected chi connectivity index (χ1v) is 15.8. The third-order valence-corrected chi connectivity index (χ3v) is 8.16. The van der Waals surface area contributed by atoms with Gasteiger partial charge in [0, 0.05) is 73.3 Å². The van der Waals surface area contributed by atoms with Gasteiger partial charge < -0.3 is 32.2 Å². The minimum absolute atomic E-state index is 0.0119. The summed E-state index contributed by atoms with van der Waals surface area (Å²) in [7, 11) is 3.33. The lowest BCUT2D eigenvalue weighted by Gasteiger charge is -2.39. The monoisotopic (exact) mass is 624 g/mol. The maximum absolute atomic E-state index is 12.3. The number of aliphatic imine (C=N–C) groups is 1. The minimum Gasteiger partial charge on any atom is -0.494 e. The Kier molecular flexibility index (Phi) is 11.8. The van der Waals surface area contributed by atoms with E-state index in [0.29, 0.717) is 34.4 Å². The molecule has 1 saturated heterocycles. The summed E-state index contributed by atoms with van der Waals surface area (Å²) in [5.41, 5.74) is 19.5. The van der Waals surface area contributed by atoms with E-state index >= 15 is 0 Å². The standard InChI is InChI=1S/C36H48N8O2/c1-7-11-28-12-9-13-29(41-28)22-44-20-27(21-44)23(3)40-19-25(8-2)30-14-10-15-31(35(30)46-6)42-32(34(38)24(4)39-5)18-33(37)43-36(45)26-16-17-26/h8-10,12-15,18-19,26-27,39,42H,2,4,7,11,16-17,20-22,37-38H2,1,3,5-6H3,(H,43,45)/b25-19+,33-18+,34-32+,40-23?. The molecule has 10 nitrogen and oxygen atoms in total. The summed E-state index contributed by atoms with van der Waals surface area (Å²) in [6.07, 6.45) is 9.03.